The minimum Gasteiger partial charge on any atom is -0.346 e. The summed E-state index contributed by atoms with van der Waals surface area (Å²) in [5, 5.41) is 6.81. The van der Waals surface area contributed by atoms with Gasteiger partial charge in [0.25, 0.3) is 5.91 Å². The summed E-state index contributed by atoms with van der Waals surface area (Å²) in [6.07, 6.45) is 9.53. The minimum atomic E-state index is 0.177. The summed E-state index contributed by atoms with van der Waals surface area (Å²) in [5.41, 5.74) is 2.77. The second-order valence-corrected chi connectivity index (χ2v) is 10.5. The quantitative estimate of drug-likeness (QED) is 0.414. The van der Waals surface area contributed by atoms with Gasteiger partial charge in [-0.25, -0.2) is 9.97 Å². The average molecular weight is 484 g/mol. The van der Waals surface area contributed by atoms with Crippen molar-refractivity contribution in [3.63, 3.8) is 0 Å². The molecule has 4 aromatic heterocycles. The fourth-order valence-corrected chi connectivity index (χ4v) is 6.42. The zero-order valence-electron chi connectivity index (χ0n) is 19.2. The van der Waals surface area contributed by atoms with Crippen LogP contribution < -0.4 is 0 Å². The molecule has 0 saturated carbocycles. The molecule has 6 heterocycles. The number of amides is 1. The van der Waals surface area contributed by atoms with Crippen molar-refractivity contribution in [2.45, 2.75) is 24.9 Å². The third-order valence-corrected chi connectivity index (χ3v) is 8.50. The van der Waals surface area contributed by atoms with Gasteiger partial charge in [0.2, 0.25) is 0 Å². The Bertz CT molecular complexity index is 1490. The van der Waals surface area contributed by atoms with Gasteiger partial charge in [0.1, 0.15) is 12.0 Å². The van der Waals surface area contributed by atoms with E-state index in [1.165, 1.54) is 4.70 Å². The second-order valence-electron chi connectivity index (χ2n) is 9.45. The van der Waals surface area contributed by atoms with Gasteiger partial charge in [-0.1, -0.05) is 18.2 Å². The molecule has 2 aliphatic rings. The number of benzene rings is 1. The molecule has 1 N–H and O–H groups in total. The molecule has 0 atom stereocenters. The van der Waals surface area contributed by atoms with Gasteiger partial charge in [-0.15, -0.1) is 11.3 Å². The molecule has 0 spiro atoms. The molecular weight excluding hydrogens is 458 g/mol. The van der Waals surface area contributed by atoms with Gasteiger partial charge in [0.15, 0.2) is 0 Å². The van der Waals surface area contributed by atoms with Crippen molar-refractivity contribution in [2.75, 3.05) is 26.2 Å². The molecule has 5 aromatic rings. The van der Waals surface area contributed by atoms with Gasteiger partial charge in [-0.2, -0.15) is 5.10 Å². The number of carbonyl (C=O) groups is 1. The van der Waals surface area contributed by atoms with E-state index in [0.29, 0.717) is 12.1 Å². The SMILES string of the molecule is O=C(c1cc2ccccc2s1)N1CCC(N2CC(n3cc(-c4ncnc5[nH]ccc45)cn3)C2)CC1. The largest absolute Gasteiger partial charge is 0.346 e. The number of carbonyl (C=O) groups excluding carboxylic acids is 1. The van der Waals surface area contributed by atoms with Gasteiger partial charge in [0, 0.05) is 60.3 Å². The van der Waals surface area contributed by atoms with Crippen molar-refractivity contribution in [1.29, 1.82) is 0 Å². The van der Waals surface area contributed by atoms with Gasteiger partial charge in [-0.3, -0.25) is 14.4 Å². The molecule has 2 fully saturated rings. The molecule has 0 radical (unpaired) electrons. The van der Waals surface area contributed by atoms with Crippen molar-refractivity contribution in [1.82, 2.24) is 34.5 Å². The van der Waals surface area contributed by atoms with E-state index in [2.05, 4.69) is 48.0 Å². The average Bonchev–Trinajstić information content (AvgIpc) is 3.62. The van der Waals surface area contributed by atoms with Crippen molar-refractivity contribution in [3.8, 4) is 11.3 Å². The second kappa shape index (κ2) is 8.28. The highest BCUT2D eigenvalue weighted by Gasteiger charge is 2.36. The lowest BCUT2D eigenvalue weighted by Gasteiger charge is -2.47. The molecule has 2 aliphatic heterocycles. The zero-order chi connectivity index (χ0) is 23.4. The molecule has 2 saturated heterocycles. The highest BCUT2D eigenvalue weighted by molar-refractivity contribution is 7.20. The normalized spacial score (nSPS) is 17.9. The number of likely N-dealkylation sites (tertiary alicyclic amines) is 2. The molecular formula is C26H25N7OS. The molecule has 0 unspecified atom stereocenters. The van der Waals surface area contributed by atoms with E-state index in [4.69, 9.17) is 0 Å². The molecule has 1 aromatic carbocycles. The van der Waals surface area contributed by atoms with Crippen LogP contribution in [0.5, 0.6) is 0 Å². The number of rotatable bonds is 4. The molecule has 9 heteroatoms. The van der Waals surface area contributed by atoms with Crippen LogP contribution in [0.3, 0.4) is 0 Å². The lowest BCUT2D eigenvalue weighted by molar-refractivity contribution is 0.0199. The van der Waals surface area contributed by atoms with Crippen LogP contribution in [0, 0.1) is 0 Å². The van der Waals surface area contributed by atoms with Crippen LogP contribution in [-0.4, -0.2) is 72.7 Å². The Kier molecular flexibility index (Phi) is 4.92. The Labute approximate surface area is 206 Å². The molecule has 35 heavy (non-hydrogen) atoms. The monoisotopic (exact) mass is 483 g/mol. The molecule has 176 valence electrons. The van der Waals surface area contributed by atoms with E-state index in [-0.39, 0.29) is 5.91 Å². The number of thiophene rings is 1. The fraction of sp³-hybridized carbons (Fsp3) is 0.308. The van der Waals surface area contributed by atoms with E-state index in [9.17, 15) is 4.79 Å². The van der Waals surface area contributed by atoms with E-state index in [1.54, 1.807) is 17.7 Å². The third-order valence-electron chi connectivity index (χ3n) is 7.40. The van der Waals surface area contributed by atoms with Crippen LogP contribution in [-0.2, 0) is 0 Å². The lowest BCUT2D eigenvalue weighted by atomic mass is 9.97. The van der Waals surface area contributed by atoms with Crippen molar-refractivity contribution < 1.29 is 4.79 Å². The number of nitrogens with zero attached hydrogens (tertiary/aromatic N) is 6. The Morgan fingerprint density at radius 1 is 1.06 bits per heavy atom. The summed E-state index contributed by atoms with van der Waals surface area (Å²) in [4.78, 5) is 30.4. The first-order valence-electron chi connectivity index (χ1n) is 12.1. The van der Waals surface area contributed by atoms with Crippen LogP contribution in [0.1, 0.15) is 28.6 Å². The minimum absolute atomic E-state index is 0.177. The maximum Gasteiger partial charge on any atom is 0.263 e. The van der Waals surface area contributed by atoms with Crippen LogP contribution in [0.15, 0.2) is 61.3 Å². The van der Waals surface area contributed by atoms with Gasteiger partial charge < -0.3 is 9.88 Å². The molecule has 0 aliphatic carbocycles. The molecule has 7 rings (SSSR count). The first kappa shape index (κ1) is 20.8. The van der Waals surface area contributed by atoms with E-state index in [1.807, 2.05) is 41.6 Å². The van der Waals surface area contributed by atoms with E-state index >= 15 is 0 Å². The summed E-state index contributed by atoms with van der Waals surface area (Å²) in [6, 6.07) is 13.2. The van der Waals surface area contributed by atoms with Crippen LogP contribution in [0.25, 0.3) is 32.4 Å². The molecule has 1 amide bonds. The molecule has 8 nitrogen and oxygen atoms in total. The highest BCUT2D eigenvalue weighted by Crippen LogP contribution is 2.32. The first-order valence-corrected chi connectivity index (χ1v) is 12.9. The standard InChI is InChI=1S/C26H25N7OS/c34-26(23-11-17-3-1-2-4-22(17)35-23)31-9-6-19(7-10-31)32-14-20(15-32)33-13-18(12-30-33)24-21-5-8-27-25(21)29-16-28-24/h1-5,8,11-13,16,19-20H,6-7,9-10,14-15H2,(H,27,28,29). The highest BCUT2D eigenvalue weighted by atomic mass is 32.1. The van der Waals surface area contributed by atoms with Crippen LogP contribution in [0.4, 0.5) is 0 Å². The van der Waals surface area contributed by atoms with Crippen LogP contribution >= 0.6 is 11.3 Å². The number of aromatic amines is 1. The molecule has 0 bridgehead atoms. The van der Waals surface area contributed by atoms with Gasteiger partial charge in [0.05, 0.1) is 22.8 Å². The summed E-state index contributed by atoms with van der Waals surface area (Å²) >= 11 is 1.60. The predicted octanol–water partition coefficient (Wildman–Crippen LogP) is 4.20. The summed E-state index contributed by atoms with van der Waals surface area (Å²) in [6.45, 7) is 3.65. The number of aromatic nitrogens is 5. The number of hydrogen-bond donors (Lipinski definition) is 1. The van der Waals surface area contributed by atoms with Crippen molar-refractivity contribution in [2.24, 2.45) is 0 Å². The van der Waals surface area contributed by atoms with Crippen LogP contribution in [0.2, 0.25) is 0 Å². The smallest absolute Gasteiger partial charge is 0.263 e. The number of piperidine rings is 1. The van der Waals surface area contributed by atoms with Crippen molar-refractivity contribution in [3.05, 3.63) is 66.2 Å². The number of hydrogen-bond acceptors (Lipinski definition) is 6. The Morgan fingerprint density at radius 2 is 1.91 bits per heavy atom. The van der Waals surface area contributed by atoms with Crippen molar-refractivity contribution >= 4 is 38.4 Å². The van der Waals surface area contributed by atoms with E-state index in [0.717, 1.165) is 71.6 Å². The maximum atomic E-state index is 13.1. The van der Waals surface area contributed by atoms with Gasteiger partial charge in [-0.05, 0) is 36.4 Å². The summed E-state index contributed by atoms with van der Waals surface area (Å²) in [7, 11) is 0. The fourth-order valence-electron chi connectivity index (χ4n) is 5.39. The summed E-state index contributed by atoms with van der Waals surface area (Å²) < 4.78 is 3.25. The topological polar surface area (TPSA) is 82.9 Å². The Hall–Kier alpha value is -3.56. The summed E-state index contributed by atoms with van der Waals surface area (Å²) in [5.74, 6) is 0.177. The third kappa shape index (κ3) is 3.62. The number of H-pyrrole nitrogens is 1. The predicted molar refractivity (Wildman–Crippen MR) is 136 cm³/mol. The lowest BCUT2D eigenvalue weighted by Crippen LogP contribution is -2.56. The number of fused-ring (bicyclic) bond motifs is 2. The van der Waals surface area contributed by atoms with E-state index < -0.39 is 0 Å². The number of nitrogens with one attached hydrogen (secondary N) is 1. The first-order chi connectivity index (χ1) is 17.2. The Morgan fingerprint density at radius 3 is 2.77 bits per heavy atom. The zero-order valence-corrected chi connectivity index (χ0v) is 20.0. The maximum absolute atomic E-state index is 13.1. The Balaban J connectivity index is 0.960. The van der Waals surface area contributed by atoms with Gasteiger partial charge >= 0.3 is 0 Å².